The van der Waals surface area contributed by atoms with E-state index in [1.54, 1.807) is 6.92 Å². The molecule has 4 nitrogen and oxygen atoms in total. The molecule has 22 heavy (non-hydrogen) atoms. The molecule has 0 atom stereocenters. The van der Waals surface area contributed by atoms with Crippen LogP contribution in [0.4, 0.5) is 0 Å². The largest absolute Gasteiger partial charge is 0.460 e. The van der Waals surface area contributed by atoms with Crippen LogP contribution in [-0.4, -0.2) is 25.0 Å². The van der Waals surface area contributed by atoms with Crippen LogP contribution < -0.4 is 5.32 Å². The maximum Gasteiger partial charge on any atom is 0.333 e. The van der Waals surface area contributed by atoms with Crippen LogP contribution in [0, 0.1) is 0 Å². The molecular formula is C18H19NO3. The van der Waals surface area contributed by atoms with E-state index in [4.69, 9.17) is 4.74 Å². The normalized spacial score (nSPS) is 10.2. The quantitative estimate of drug-likeness (QED) is 0.506. The van der Waals surface area contributed by atoms with E-state index in [2.05, 4.69) is 11.9 Å². The Labute approximate surface area is 129 Å². The van der Waals surface area contributed by atoms with Crippen LogP contribution in [0.5, 0.6) is 0 Å². The van der Waals surface area contributed by atoms with Crippen molar-refractivity contribution in [2.45, 2.75) is 13.3 Å². The van der Waals surface area contributed by atoms with Gasteiger partial charge in [0.15, 0.2) is 0 Å². The highest BCUT2D eigenvalue weighted by atomic mass is 16.5. The number of amides is 1. The van der Waals surface area contributed by atoms with Crippen molar-refractivity contribution < 1.29 is 14.3 Å². The van der Waals surface area contributed by atoms with E-state index < -0.39 is 5.97 Å². The lowest BCUT2D eigenvalue weighted by molar-refractivity contribution is -0.139. The Kier molecular flexibility index (Phi) is 5.31. The van der Waals surface area contributed by atoms with Gasteiger partial charge in [0, 0.05) is 5.57 Å². The smallest absolute Gasteiger partial charge is 0.333 e. The fraction of sp³-hybridized carbons (Fsp3) is 0.222. The summed E-state index contributed by atoms with van der Waals surface area (Å²) in [5.74, 6) is -0.536. The molecule has 1 amide bonds. The maximum atomic E-state index is 12.0. The second kappa shape index (κ2) is 7.41. The molecule has 0 saturated carbocycles. The van der Waals surface area contributed by atoms with E-state index in [9.17, 15) is 9.59 Å². The zero-order valence-electron chi connectivity index (χ0n) is 12.6. The predicted octanol–water partition coefficient (Wildman–Crippen LogP) is 2.62. The average molecular weight is 297 g/mol. The highest BCUT2D eigenvalue weighted by molar-refractivity contribution is 5.90. The Bertz CT molecular complexity index is 701. The van der Waals surface area contributed by atoms with E-state index in [0.717, 1.165) is 16.3 Å². The molecule has 2 rings (SSSR count). The van der Waals surface area contributed by atoms with Crippen LogP contribution in [-0.2, 0) is 20.7 Å². The first kappa shape index (κ1) is 15.8. The molecule has 0 aromatic heterocycles. The van der Waals surface area contributed by atoms with Gasteiger partial charge in [-0.25, -0.2) is 4.79 Å². The number of hydrogen-bond donors (Lipinski definition) is 1. The van der Waals surface area contributed by atoms with E-state index >= 15 is 0 Å². The molecular weight excluding hydrogens is 278 g/mol. The zero-order chi connectivity index (χ0) is 15.9. The number of fused-ring (bicyclic) bond motifs is 1. The van der Waals surface area contributed by atoms with Gasteiger partial charge in [-0.05, 0) is 23.3 Å². The van der Waals surface area contributed by atoms with Crippen molar-refractivity contribution in [1.82, 2.24) is 5.32 Å². The van der Waals surface area contributed by atoms with Crippen molar-refractivity contribution in [3.8, 4) is 0 Å². The number of carbonyl (C=O) groups is 2. The molecule has 0 bridgehead atoms. The zero-order valence-corrected chi connectivity index (χ0v) is 12.6. The summed E-state index contributed by atoms with van der Waals surface area (Å²) < 4.78 is 4.92. The van der Waals surface area contributed by atoms with Crippen LogP contribution in [0.15, 0.2) is 54.6 Å². The van der Waals surface area contributed by atoms with Gasteiger partial charge in [0.1, 0.15) is 6.61 Å². The van der Waals surface area contributed by atoms with Crippen LogP contribution in [0.25, 0.3) is 10.8 Å². The lowest BCUT2D eigenvalue weighted by Crippen LogP contribution is -2.29. The Morgan fingerprint density at radius 1 is 1.14 bits per heavy atom. The second-order valence-corrected chi connectivity index (χ2v) is 5.08. The van der Waals surface area contributed by atoms with E-state index in [0.29, 0.717) is 18.5 Å². The Balaban J connectivity index is 1.86. The van der Waals surface area contributed by atoms with E-state index in [1.807, 2.05) is 42.5 Å². The molecule has 2 aromatic rings. The Hall–Kier alpha value is -2.62. The van der Waals surface area contributed by atoms with Gasteiger partial charge in [0.2, 0.25) is 5.91 Å². The molecule has 0 aliphatic rings. The highest BCUT2D eigenvalue weighted by Gasteiger charge is 2.07. The van der Waals surface area contributed by atoms with E-state index in [-0.39, 0.29) is 12.5 Å². The van der Waals surface area contributed by atoms with Crippen molar-refractivity contribution in [1.29, 1.82) is 0 Å². The molecule has 0 aliphatic carbocycles. The number of carbonyl (C=O) groups excluding carboxylic acids is 2. The van der Waals surface area contributed by atoms with Gasteiger partial charge in [0.05, 0.1) is 13.0 Å². The first-order chi connectivity index (χ1) is 10.6. The number of esters is 1. The molecule has 114 valence electrons. The van der Waals surface area contributed by atoms with Crippen molar-refractivity contribution in [3.05, 3.63) is 60.2 Å². The number of nitrogens with one attached hydrogen (secondary N) is 1. The maximum absolute atomic E-state index is 12.0. The first-order valence-electron chi connectivity index (χ1n) is 7.14. The number of rotatable bonds is 6. The summed E-state index contributed by atoms with van der Waals surface area (Å²) in [5, 5.41) is 4.94. The summed E-state index contributed by atoms with van der Waals surface area (Å²) in [4.78, 5) is 23.2. The molecule has 0 fully saturated rings. The van der Waals surface area contributed by atoms with Gasteiger partial charge in [-0.2, -0.15) is 0 Å². The minimum absolute atomic E-state index is 0.0947. The fourth-order valence-electron chi connectivity index (χ4n) is 2.14. The highest BCUT2D eigenvalue weighted by Crippen LogP contribution is 2.18. The molecule has 0 radical (unpaired) electrons. The van der Waals surface area contributed by atoms with Crippen molar-refractivity contribution in [3.63, 3.8) is 0 Å². The van der Waals surface area contributed by atoms with Crippen LogP contribution in [0.2, 0.25) is 0 Å². The SMILES string of the molecule is C=C(C)C(=O)OCCNC(=O)Cc1cccc2ccccc12. The molecule has 1 N–H and O–H groups in total. The molecule has 0 heterocycles. The van der Waals surface area contributed by atoms with Crippen molar-refractivity contribution in [2.24, 2.45) is 0 Å². The average Bonchev–Trinajstić information content (AvgIpc) is 2.51. The van der Waals surface area contributed by atoms with E-state index in [1.165, 1.54) is 0 Å². The van der Waals surface area contributed by atoms with Gasteiger partial charge >= 0.3 is 5.97 Å². The van der Waals surface area contributed by atoms with Crippen LogP contribution >= 0.6 is 0 Å². The summed E-state index contributed by atoms with van der Waals surface area (Å²) >= 11 is 0. The molecule has 4 heteroatoms. The topological polar surface area (TPSA) is 55.4 Å². The molecule has 0 aliphatic heterocycles. The fourth-order valence-corrected chi connectivity index (χ4v) is 2.14. The molecule has 0 saturated heterocycles. The first-order valence-corrected chi connectivity index (χ1v) is 7.14. The van der Waals surface area contributed by atoms with Gasteiger partial charge in [-0.3, -0.25) is 4.79 Å². The number of benzene rings is 2. The molecule has 2 aromatic carbocycles. The third-order valence-corrected chi connectivity index (χ3v) is 3.24. The third-order valence-electron chi connectivity index (χ3n) is 3.24. The van der Waals surface area contributed by atoms with Crippen LogP contribution in [0.1, 0.15) is 12.5 Å². The predicted molar refractivity (Wildman–Crippen MR) is 86.4 cm³/mol. The van der Waals surface area contributed by atoms with Crippen molar-refractivity contribution in [2.75, 3.05) is 13.2 Å². The molecule has 0 unspecified atom stereocenters. The summed E-state index contributed by atoms with van der Waals surface area (Å²) in [6, 6.07) is 13.9. The Morgan fingerprint density at radius 3 is 2.64 bits per heavy atom. The lowest BCUT2D eigenvalue weighted by atomic mass is 10.0. The third kappa shape index (κ3) is 4.19. The lowest BCUT2D eigenvalue weighted by Gasteiger charge is -2.08. The minimum atomic E-state index is -0.441. The standard InChI is InChI=1S/C18H19NO3/c1-13(2)18(21)22-11-10-19-17(20)12-15-8-5-7-14-6-3-4-9-16(14)15/h3-9H,1,10-12H2,2H3,(H,19,20). The minimum Gasteiger partial charge on any atom is -0.460 e. The summed E-state index contributed by atoms with van der Waals surface area (Å²) in [5.41, 5.74) is 1.33. The summed E-state index contributed by atoms with van der Waals surface area (Å²) in [6.45, 7) is 5.52. The van der Waals surface area contributed by atoms with Crippen LogP contribution in [0.3, 0.4) is 0 Å². The molecule has 0 spiro atoms. The number of hydrogen-bond acceptors (Lipinski definition) is 3. The van der Waals surface area contributed by atoms with Gasteiger partial charge in [0.25, 0.3) is 0 Å². The van der Waals surface area contributed by atoms with Gasteiger partial charge in [-0.1, -0.05) is 49.0 Å². The van der Waals surface area contributed by atoms with Gasteiger partial charge < -0.3 is 10.1 Å². The van der Waals surface area contributed by atoms with Gasteiger partial charge in [-0.15, -0.1) is 0 Å². The van der Waals surface area contributed by atoms with Crippen molar-refractivity contribution >= 4 is 22.6 Å². The summed E-state index contributed by atoms with van der Waals surface area (Å²) in [7, 11) is 0. The second-order valence-electron chi connectivity index (χ2n) is 5.08. The monoisotopic (exact) mass is 297 g/mol. The number of ether oxygens (including phenoxy) is 1. The Morgan fingerprint density at radius 2 is 1.86 bits per heavy atom. The summed E-state index contributed by atoms with van der Waals surface area (Å²) in [6.07, 6.45) is 0.301.